The molecule has 0 spiro atoms. The van der Waals surface area contributed by atoms with Crippen LogP contribution in [0.3, 0.4) is 0 Å². The molecule has 0 saturated heterocycles. The molecule has 0 saturated carbocycles. The van der Waals surface area contributed by atoms with Crippen LogP contribution in [0.15, 0.2) is 40.4 Å². The number of guanidine groups is 2. The smallest absolute Gasteiger partial charge is 0.326 e. The van der Waals surface area contributed by atoms with Gasteiger partial charge in [0.2, 0.25) is 17.7 Å². The highest BCUT2D eigenvalue weighted by atomic mass is 32.2. The Balaban J connectivity index is 2.17. The van der Waals surface area contributed by atoms with Crippen LogP contribution in [0.1, 0.15) is 37.7 Å². The molecule has 2 rings (SSSR count). The van der Waals surface area contributed by atoms with Gasteiger partial charge in [-0.25, -0.2) is 4.79 Å². The van der Waals surface area contributed by atoms with Crippen molar-refractivity contribution in [1.82, 2.24) is 20.9 Å². The summed E-state index contributed by atoms with van der Waals surface area (Å²) in [6.07, 6.45) is 4.96. The molecule has 16 nitrogen and oxygen atoms in total. The van der Waals surface area contributed by atoms with Crippen molar-refractivity contribution in [2.45, 2.75) is 62.7 Å². The van der Waals surface area contributed by atoms with E-state index in [1.54, 1.807) is 6.20 Å². The molecular formula is C28H45N11O5S. The summed E-state index contributed by atoms with van der Waals surface area (Å²) in [6, 6.07) is 3.07. The fourth-order valence-electron chi connectivity index (χ4n) is 4.47. The fourth-order valence-corrected chi connectivity index (χ4v) is 4.94. The van der Waals surface area contributed by atoms with E-state index in [9.17, 15) is 24.3 Å². The summed E-state index contributed by atoms with van der Waals surface area (Å²) in [6.45, 7) is 0.481. The van der Waals surface area contributed by atoms with Crippen LogP contribution in [-0.2, 0) is 25.6 Å². The molecule has 0 fully saturated rings. The molecule has 0 aliphatic heterocycles. The number of amides is 3. The maximum Gasteiger partial charge on any atom is 0.326 e. The van der Waals surface area contributed by atoms with Crippen LogP contribution >= 0.6 is 11.8 Å². The number of carbonyl (C=O) groups excluding carboxylic acids is 3. The van der Waals surface area contributed by atoms with E-state index in [1.807, 2.05) is 30.5 Å². The third kappa shape index (κ3) is 12.9. The van der Waals surface area contributed by atoms with Gasteiger partial charge in [0.1, 0.15) is 18.1 Å². The number of aliphatic imine (C=N–C) groups is 2. The number of fused-ring (bicyclic) bond motifs is 1. The van der Waals surface area contributed by atoms with E-state index in [4.69, 9.17) is 28.7 Å². The Labute approximate surface area is 265 Å². The number of H-pyrrole nitrogens is 1. The summed E-state index contributed by atoms with van der Waals surface area (Å²) in [5.41, 5.74) is 29.0. The fraction of sp³-hybridized carbons (Fsp3) is 0.500. The van der Waals surface area contributed by atoms with Gasteiger partial charge in [0, 0.05) is 36.6 Å². The SMILES string of the molecule is CSCCC(NC(=O)C(N)CCCN=C(N)N)C(=O)NC(CCCN=C(N)N)C(=O)NC(Cc1c[nH]c2ccccc12)C(=O)O. The highest BCUT2D eigenvalue weighted by Gasteiger charge is 2.30. The number of para-hydroxylation sites is 1. The lowest BCUT2D eigenvalue weighted by molar-refractivity contribution is -0.142. The van der Waals surface area contributed by atoms with Gasteiger partial charge in [-0.1, -0.05) is 18.2 Å². The van der Waals surface area contributed by atoms with Crippen LogP contribution < -0.4 is 44.6 Å². The van der Waals surface area contributed by atoms with Crippen molar-refractivity contribution >= 4 is 58.3 Å². The molecule has 4 atom stereocenters. The van der Waals surface area contributed by atoms with Gasteiger partial charge in [-0.2, -0.15) is 11.8 Å². The predicted molar refractivity (Wildman–Crippen MR) is 176 cm³/mol. The van der Waals surface area contributed by atoms with Crippen molar-refractivity contribution in [3.8, 4) is 0 Å². The Kier molecular flexibility index (Phi) is 15.5. The Morgan fingerprint density at radius 2 is 1.40 bits per heavy atom. The number of nitrogens with one attached hydrogen (secondary N) is 4. The van der Waals surface area contributed by atoms with Crippen LogP contribution in [0.4, 0.5) is 0 Å². The molecule has 4 unspecified atom stereocenters. The standard InChI is InChI=1S/C28H45N11O5S/c1-45-13-10-21(37-23(40)18(29)7-4-11-34-27(30)31)25(42)38-20(9-5-12-35-28(32)33)24(41)39-22(26(43)44)14-16-15-36-19-8-3-2-6-17(16)19/h2-3,6,8,15,18,20-22,36H,4-5,7,9-14,29H2,1H3,(H,37,40)(H,38,42)(H,39,41)(H,43,44)(H4,30,31,34)(H4,32,33,35). The van der Waals surface area contributed by atoms with Crippen LogP contribution in [0.5, 0.6) is 0 Å². The predicted octanol–water partition coefficient (Wildman–Crippen LogP) is -1.56. The second-order valence-corrected chi connectivity index (χ2v) is 11.4. The molecule has 0 aliphatic carbocycles. The lowest BCUT2D eigenvalue weighted by Gasteiger charge is -2.25. The molecule has 0 bridgehead atoms. The van der Waals surface area contributed by atoms with E-state index in [0.717, 1.165) is 10.9 Å². The third-order valence-electron chi connectivity index (χ3n) is 6.84. The number of benzene rings is 1. The Morgan fingerprint density at radius 3 is 2.00 bits per heavy atom. The van der Waals surface area contributed by atoms with Gasteiger partial charge in [0.25, 0.3) is 0 Å². The second-order valence-electron chi connectivity index (χ2n) is 10.4. The lowest BCUT2D eigenvalue weighted by atomic mass is 10.0. The van der Waals surface area contributed by atoms with Crippen molar-refractivity contribution < 1.29 is 24.3 Å². The van der Waals surface area contributed by atoms with Crippen LogP contribution in [0, 0.1) is 0 Å². The molecule has 1 aromatic heterocycles. The van der Waals surface area contributed by atoms with Gasteiger partial charge < -0.3 is 54.7 Å². The highest BCUT2D eigenvalue weighted by molar-refractivity contribution is 7.98. The first-order valence-corrected chi connectivity index (χ1v) is 15.9. The Bertz CT molecular complexity index is 1340. The normalized spacial score (nSPS) is 13.6. The van der Waals surface area contributed by atoms with Gasteiger partial charge >= 0.3 is 5.97 Å². The van der Waals surface area contributed by atoms with Gasteiger partial charge in [-0.3, -0.25) is 24.4 Å². The molecule has 2 aromatic rings. The van der Waals surface area contributed by atoms with Crippen molar-refractivity contribution in [3.05, 3.63) is 36.0 Å². The van der Waals surface area contributed by atoms with Gasteiger partial charge in [0.15, 0.2) is 11.9 Å². The minimum Gasteiger partial charge on any atom is -0.480 e. The number of carboxylic acids is 1. The number of nitrogens with zero attached hydrogens (tertiary/aromatic N) is 2. The first-order chi connectivity index (χ1) is 21.4. The number of aromatic nitrogens is 1. The zero-order valence-corrected chi connectivity index (χ0v) is 26.1. The zero-order valence-electron chi connectivity index (χ0n) is 25.3. The van der Waals surface area contributed by atoms with Gasteiger partial charge in [-0.05, 0) is 55.7 Å². The first kappa shape index (κ1) is 36.7. The van der Waals surface area contributed by atoms with E-state index in [2.05, 4.69) is 30.9 Å². The maximum absolute atomic E-state index is 13.5. The Morgan fingerprint density at radius 1 is 0.844 bits per heavy atom. The van der Waals surface area contributed by atoms with Gasteiger partial charge in [-0.15, -0.1) is 0 Å². The molecule has 0 radical (unpaired) electrons. The molecule has 0 aliphatic rings. The number of nitrogens with two attached hydrogens (primary N) is 5. The summed E-state index contributed by atoms with van der Waals surface area (Å²) >= 11 is 1.47. The van der Waals surface area contributed by atoms with Gasteiger partial charge in [0.05, 0.1) is 6.04 Å². The summed E-state index contributed by atoms with van der Waals surface area (Å²) in [7, 11) is 0. The van der Waals surface area contributed by atoms with Crippen LogP contribution in [0.25, 0.3) is 10.9 Å². The number of carboxylic acid groups (broad SMARTS) is 1. The van der Waals surface area contributed by atoms with Crippen LogP contribution in [-0.4, -0.2) is 95.0 Å². The van der Waals surface area contributed by atoms with E-state index < -0.39 is 47.9 Å². The number of hydrogen-bond acceptors (Lipinski definition) is 8. The average molecular weight is 648 g/mol. The quantitative estimate of drug-likeness (QED) is 0.0445. The minimum absolute atomic E-state index is 0.00717. The molecule has 17 heteroatoms. The molecular weight excluding hydrogens is 602 g/mol. The van der Waals surface area contributed by atoms with Crippen LogP contribution in [0.2, 0.25) is 0 Å². The number of carbonyl (C=O) groups is 4. The lowest BCUT2D eigenvalue weighted by Crippen LogP contribution is -2.57. The van der Waals surface area contributed by atoms with Crippen molar-refractivity contribution in [3.63, 3.8) is 0 Å². The largest absolute Gasteiger partial charge is 0.480 e. The monoisotopic (exact) mass is 647 g/mol. The molecule has 45 heavy (non-hydrogen) atoms. The van der Waals surface area contributed by atoms with E-state index in [1.165, 1.54) is 11.8 Å². The second kappa shape index (κ2) is 19.0. The Hall–Kier alpha value is -4.51. The van der Waals surface area contributed by atoms with E-state index >= 15 is 0 Å². The topological polar surface area (TPSA) is 295 Å². The van der Waals surface area contributed by atoms with Crippen molar-refractivity contribution in [2.24, 2.45) is 38.7 Å². The highest BCUT2D eigenvalue weighted by Crippen LogP contribution is 2.19. The average Bonchev–Trinajstić information content (AvgIpc) is 3.40. The van der Waals surface area contributed by atoms with Crippen molar-refractivity contribution in [2.75, 3.05) is 25.1 Å². The number of aliphatic carboxylic acids is 1. The number of aromatic amines is 1. The minimum atomic E-state index is -1.28. The number of rotatable bonds is 20. The maximum atomic E-state index is 13.5. The third-order valence-corrected chi connectivity index (χ3v) is 7.48. The molecule has 1 heterocycles. The summed E-state index contributed by atoms with van der Waals surface area (Å²) in [5, 5.41) is 18.7. The summed E-state index contributed by atoms with van der Waals surface area (Å²) in [4.78, 5) is 62.7. The number of thioether (sulfide) groups is 1. The molecule has 1 aromatic carbocycles. The van der Waals surface area contributed by atoms with E-state index in [-0.39, 0.29) is 44.1 Å². The first-order valence-electron chi connectivity index (χ1n) is 14.5. The summed E-state index contributed by atoms with van der Waals surface area (Å²) < 4.78 is 0. The van der Waals surface area contributed by atoms with E-state index in [0.29, 0.717) is 30.7 Å². The molecule has 15 N–H and O–H groups in total. The molecule has 3 amide bonds. The van der Waals surface area contributed by atoms with Crippen molar-refractivity contribution in [1.29, 1.82) is 0 Å². The zero-order chi connectivity index (χ0) is 33.4. The molecule has 248 valence electrons. The summed E-state index contributed by atoms with van der Waals surface area (Å²) in [5.74, 6) is -2.75. The number of hydrogen-bond donors (Lipinski definition) is 10.